The van der Waals surface area contributed by atoms with Gasteiger partial charge >= 0.3 is 5.97 Å². The Morgan fingerprint density at radius 3 is 2.76 bits per heavy atom. The number of aliphatic carboxylic acids is 1. The number of hydrogen-bond donors (Lipinski definition) is 1. The number of aryl methyl sites for hydroxylation is 1. The van der Waals surface area contributed by atoms with Crippen LogP contribution in [0, 0.1) is 12.5 Å². The van der Waals surface area contributed by atoms with E-state index in [0.29, 0.717) is 43.6 Å². The number of Topliss-reactive ketones (excluding diaryl/α,β-unsaturated/α-hetero) is 1. The summed E-state index contributed by atoms with van der Waals surface area (Å²) in [6.45, 7) is 7.34. The Morgan fingerprint density at radius 1 is 1.27 bits per heavy atom. The lowest BCUT2D eigenvalue weighted by Crippen LogP contribution is -2.12. The molecule has 0 fully saturated rings. The van der Waals surface area contributed by atoms with Crippen molar-refractivity contribution in [2.45, 2.75) is 45.6 Å². The number of aromatic nitrogens is 2. The lowest BCUT2D eigenvalue weighted by molar-refractivity contribution is -0.137. The van der Waals surface area contributed by atoms with Crippen molar-refractivity contribution in [1.82, 2.24) is 9.55 Å². The summed E-state index contributed by atoms with van der Waals surface area (Å²) in [5.41, 5.74) is 1.91. The minimum absolute atomic E-state index is 0.0537. The van der Waals surface area contributed by atoms with Crippen molar-refractivity contribution in [3.63, 3.8) is 0 Å². The molecule has 0 aliphatic heterocycles. The molecule has 0 radical (unpaired) electrons. The standard InChI is InChI=1S/C26H29N3O4/c1-18(14-24(31)32)13-23(30)25-21-15-20(27-2)16-28-26(21)29(3)22(25)11-7-8-12-33-17-19-9-5-4-6-10-19/h4-6,9-10,15-16,18H,7-8,11-14,17H2,1,3H3,(H,31,32)/i3D3. The summed E-state index contributed by atoms with van der Waals surface area (Å²) in [6.07, 6.45) is 2.58. The average molecular weight is 451 g/mol. The predicted octanol–water partition coefficient (Wildman–Crippen LogP) is 5.35. The Bertz CT molecular complexity index is 1260. The number of nitrogens with zero attached hydrogens (tertiary/aromatic N) is 3. The van der Waals surface area contributed by atoms with Crippen molar-refractivity contribution in [2.24, 2.45) is 12.9 Å². The Hall–Kier alpha value is -3.50. The second kappa shape index (κ2) is 11.4. The minimum Gasteiger partial charge on any atom is -0.481 e. The number of benzene rings is 1. The number of carboxylic acids is 1. The summed E-state index contributed by atoms with van der Waals surface area (Å²) < 4.78 is 31.2. The number of carboxylic acid groups (broad SMARTS) is 1. The van der Waals surface area contributed by atoms with Crippen LogP contribution in [0.1, 0.15) is 58.3 Å². The monoisotopic (exact) mass is 450 g/mol. The van der Waals surface area contributed by atoms with E-state index in [4.69, 9.17) is 20.5 Å². The van der Waals surface area contributed by atoms with Crippen molar-refractivity contribution >= 4 is 28.5 Å². The molecule has 2 aromatic heterocycles. The number of ketones is 1. The number of hydrogen-bond acceptors (Lipinski definition) is 4. The Balaban J connectivity index is 1.88. The van der Waals surface area contributed by atoms with Crippen LogP contribution in [-0.4, -0.2) is 33.0 Å². The fourth-order valence-electron chi connectivity index (χ4n) is 3.86. The minimum atomic E-state index is -2.59. The van der Waals surface area contributed by atoms with Crippen molar-refractivity contribution in [3.05, 3.63) is 70.8 Å². The molecule has 3 aromatic rings. The zero-order valence-corrected chi connectivity index (χ0v) is 18.6. The van der Waals surface area contributed by atoms with E-state index >= 15 is 0 Å². The summed E-state index contributed by atoms with van der Waals surface area (Å²) in [6, 6.07) is 11.3. The first-order chi connectivity index (χ1) is 17.1. The molecule has 33 heavy (non-hydrogen) atoms. The molecule has 7 heteroatoms. The van der Waals surface area contributed by atoms with Gasteiger partial charge in [-0.25, -0.2) is 9.83 Å². The van der Waals surface area contributed by atoms with Crippen LogP contribution in [0.25, 0.3) is 15.9 Å². The third-order valence-electron chi connectivity index (χ3n) is 5.42. The van der Waals surface area contributed by atoms with Crippen molar-refractivity contribution < 1.29 is 23.5 Å². The lowest BCUT2D eigenvalue weighted by Gasteiger charge is -2.11. The van der Waals surface area contributed by atoms with Crippen molar-refractivity contribution in [3.8, 4) is 0 Å². The summed E-state index contributed by atoms with van der Waals surface area (Å²) >= 11 is 0. The van der Waals surface area contributed by atoms with Crippen LogP contribution in [0.3, 0.4) is 0 Å². The average Bonchev–Trinajstić information content (AvgIpc) is 3.15. The molecular weight excluding hydrogens is 418 g/mol. The third-order valence-corrected chi connectivity index (χ3v) is 5.42. The molecule has 2 heterocycles. The first-order valence-corrected chi connectivity index (χ1v) is 10.9. The number of carbonyl (C=O) groups excluding carboxylic acids is 1. The Morgan fingerprint density at radius 2 is 2.06 bits per heavy atom. The Kier molecular flexibility index (Phi) is 6.95. The zero-order chi connectivity index (χ0) is 26.3. The maximum absolute atomic E-state index is 13.4. The molecule has 0 amide bonds. The van der Waals surface area contributed by atoms with Crippen LogP contribution >= 0.6 is 0 Å². The predicted molar refractivity (Wildman–Crippen MR) is 126 cm³/mol. The van der Waals surface area contributed by atoms with Gasteiger partial charge in [0.1, 0.15) is 5.65 Å². The van der Waals surface area contributed by atoms with Gasteiger partial charge in [0, 0.05) is 53.4 Å². The van der Waals surface area contributed by atoms with Crippen LogP contribution in [-0.2, 0) is 29.5 Å². The molecule has 1 aromatic carbocycles. The highest BCUT2D eigenvalue weighted by atomic mass is 16.5. The summed E-state index contributed by atoms with van der Waals surface area (Å²) in [5, 5.41) is 9.40. The number of pyridine rings is 1. The molecule has 0 aliphatic rings. The lowest BCUT2D eigenvalue weighted by atomic mass is 9.94. The fourth-order valence-corrected chi connectivity index (χ4v) is 3.86. The first kappa shape index (κ1) is 20.1. The molecule has 3 rings (SSSR count). The van der Waals surface area contributed by atoms with Gasteiger partial charge in [-0.15, -0.1) is 0 Å². The van der Waals surface area contributed by atoms with Gasteiger partial charge in [-0.05, 0) is 36.8 Å². The van der Waals surface area contributed by atoms with Crippen LogP contribution in [0.2, 0.25) is 0 Å². The normalized spacial score (nSPS) is 13.6. The first-order valence-electron chi connectivity index (χ1n) is 12.4. The second-order valence-electron chi connectivity index (χ2n) is 8.16. The molecule has 1 atom stereocenters. The maximum atomic E-state index is 13.4. The molecule has 0 spiro atoms. The van der Waals surface area contributed by atoms with E-state index in [1.807, 2.05) is 30.3 Å². The molecule has 0 bridgehead atoms. The molecule has 7 nitrogen and oxygen atoms in total. The van der Waals surface area contributed by atoms with Gasteiger partial charge in [0.15, 0.2) is 5.78 Å². The molecule has 0 saturated carbocycles. The van der Waals surface area contributed by atoms with E-state index in [9.17, 15) is 9.59 Å². The second-order valence-corrected chi connectivity index (χ2v) is 8.16. The van der Waals surface area contributed by atoms with E-state index < -0.39 is 18.9 Å². The molecule has 1 unspecified atom stereocenters. The van der Waals surface area contributed by atoms with Gasteiger partial charge in [-0.3, -0.25) is 9.59 Å². The summed E-state index contributed by atoms with van der Waals surface area (Å²) in [5.74, 6) is -1.79. The SMILES string of the molecule is [2H]C([2H])([2H])n1c(CCCCOCc2ccccc2)c(C(=O)CC(C)CC(=O)O)c2cc([N+]#[C-])cnc21. The zero-order valence-electron chi connectivity index (χ0n) is 21.6. The highest BCUT2D eigenvalue weighted by Crippen LogP contribution is 2.30. The van der Waals surface area contributed by atoms with Crippen LogP contribution in [0.15, 0.2) is 42.6 Å². The third kappa shape index (κ3) is 6.27. The van der Waals surface area contributed by atoms with E-state index in [1.54, 1.807) is 6.92 Å². The van der Waals surface area contributed by atoms with Gasteiger partial charge in [-0.2, -0.15) is 0 Å². The smallest absolute Gasteiger partial charge is 0.303 e. The van der Waals surface area contributed by atoms with Crippen molar-refractivity contribution in [1.29, 1.82) is 0 Å². The van der Waals surface area contributed by atoms with Crippen LogP contribution < -0.4 is 0 Å². The number of unbranched alkanes of at least 4 members (excludes halogenated alkanes) is 1. The fraction of sp³-hybridized carbons (Fsp3) is 0.385. The quantitative estimate of drug-likeness (QED) is 0.228. The van der Waals surface area contributed by atoms with Gasteiger partial charge in [0.05, 0.1) is 13.2 Å². The number of ether oxygens (including phenoxy) is 1. The molecule has 0 aliphatic carbocycles. The van der Waals surface area contributed by atoms with E-state index in [0.717, 1.165) is 10.1 Å². The molecule has 0 saturated heterocycles. The van der Waals surface area contributed by atoms with Gasteiger partial charge in [-0.1, -0.05) is 37.3 Å². The Labute approximate surface area is 198 Å². The van der Waals surface area contributed by atoms with Crippen molar-refractivity contribution in [2.75, 3.05) is 6.61 Å². The van der Waals surface area contributed by atoms with Crippen LogP contribution in [0.4, 0.5) is 5.69 Å². The largest absolute Gasteiger partial charge is 0.481 e. The number of fused-ring (bicyclic) bond motifs is 1. The number of rotatable bonds is 12. The molecule has 1 N–H and O–H groups in total. The van der Waals surface area contributed by atoms with Gasteiger partial charge in [0.2, 0.25) is 5.69 Å². The van der Waals surface area contributed by atoms with Gasteiger partial charge < -0.3 is 14.4 Å². The van der Waals surface area contributed by atoms with E-state index in [1.165, 1.54) is 12.3 Å². The summed E-state index contributed by atoms with van der Waals surface area (Å²) in [7, 11) is 0. The van der Waals surface area contributed by atoms with E-state index in [2.05, 4.69) is 9.83 Å². The highest BCUT2D eigenvalue weighted by Gasteiger charge is 2.24. The molecular formula is C26H29N3O4. The number of carbonyl (C=O) groups is 2. The topological polar surface area (TPSA) is 85.8 Å². The summed E-state index contributed by atoms with van der Waals surface area (Å²) in [4.78, 5) is 32.1. The van der Waals surface area contributed by atoms with Gasteiger partial charge in [0.25, 0.3) is 0 Å². The van der Waals surface area contributed by atoms with Crippen LogP contribution in [0.5, 0.6) is 0 Å². The molecule has 172 valence electrons. The van der Waals surface area contributed by atoms with E-state index in [-0.39, 0.29) is 35.5 Å². The highest BCUT2D eigenvalue weighted by molar-refractivity contribution is 6.09. The maximum Gasteiger partial charge on any atom is 0.303 e.